The molecule has 0 amide bonds. The number of hydrogen-bond donors (Lipinski definition) is 1. The Hall–Kier alpha value is -0.720. The molecule has 2 aromatic heterocycles. The number of aromatic nitrogens is 2. The van der Waals surface area contributed by atoms with Gasteiger partial charge in [0.1, 0.15) is 0 Å². The highest BCUT2D eigenvalue weighted by Crippen LogP contribution is 2.41. The molecule has 0 spiro atoms. The maximum absolute atomic E-state index is 12.2. The molecule has 0 bridgehead atoms. The molecule has 3 rings (SSSR count). The van der Waals surface area contributed by atoms with Gasteiger partial charge in [0.25, 0.3) is 0 Å². The zero-order valence-corrected chi connectivity index (χ0v) is 15.8. The summed E-state index contributed by atoms with van der Waals surface area (Å²) >= 11 is 3.63. The van der Waals surface area contributed by atoms with Crippen molar-refractivity contribution in [2.45, 2.75) is 57.2 Å². The average molecular weight is 384 g/mol. The van der Waals surface area contributed by atoms with Crippen molar-refractivity contribution in [2.75, 3.05) is 0 Å². The summed E-state index contributed by atoms with van der Waals surface area (Å²) in [6, 6.07) is 2.12. The summed E-state index contributed by atoms with van der Waals surface area (Å²) < 4.78 is 18.2. The van der Waals surface area contributed by atoms with Crippen molar-refractivity contribution in [1.82, 2.24) is 14.1 Å². The summed E-state index contributed by atoms with van der Waals surface area (Å²) in [5, 5.41) is 0. The van der Waals surface area contributed by atoms with Crippen LogP contribution in [0.2, 0.25) is 0 Å². The molecule has 0 aliphatic heterocycles. The monoisotopic (exact) mass is 383 g/mol. The fourth-order valence-electron chi connectivity index (χ4n) is 2.34. The lowest BCUT2D eigenvalue weighted by molar-refractivity contribution is 0.612. The summed E-state index contributed by atoms with van der Waals surface area (Å²) in [6.45, 7) is 7.89. The van der Waals surface area contributed by atoms with E-state index < -0.39 is 11.0 Å². The number of nitrogens with one attached hydrogen (secondary N) is 1. The van der Waals surface area contributed by atoms with E-state index in [1.807, 2.05) is 33.9 Å². The fraction of sp³-hybridized carbons (Fsp3) is 0.562. The summed E-state index contributed by atoms with van der Waals surface area (Å²) in [5.41, 5.74) is 3.18. The fourth-order valence-corrected chi connectivity index (χ4v) is 3.70. The highest BCUT2D eigenvalue weighted by molar-refractivity contribution is 9.10. The molecule has 1 aliphatic carbocycles. The lowest BCUT2D eigenvalue weighted by atomic mass is 10.2. The van der Waals surface area contributed by atoms with Crippen LogP contribution in [0.4, 0.5) is 0 Å². The molecule has 1 fully saturated rings. The van der Waals surface area contributed by atoms with Crippen LogP contribution in [-0.2, 0) is 11.0 Å². The summed E-state index contributed by atoms with van der Waals surface area (Å²) in [6.07, 6.45) is 6.76. The van der Waals surface area contributed by atoms with Crippen molar-refractivity contribution >= 4 is 32.6 Å². The molecule has 2 atom stereocenters. The lowest BCUT2D eigenvalue weighted by Crippen LogP contribution is -2.34. The van der Waals surface area contributed by atoms with Crippen LogP contribution in [-0.4, -0.2) is 18.3 Å². The van der Waals surface area contributed by atoms with E-state index in [-0.39, 0.29) is 10.8 Å². The molecule has 1 aliphatic rings. The molecule has 1 unspecified atom stereocenters. The first-order valence-corrected chi connectivity index (χ1v) is 9.56. The number of halogens is 1. The normalized spacial score (nSPS) is 18.6. The first kappa shape index (κ1) is 16.1. The summed E-state index contributed by atoms with van der Waals surface area (Å²) in [5.74, 6) is 0.704. The maximum atomic E-state index is 12.2. The minimum Gasteiger partial charge on any atom is -0.306 e. The van der Waals surface area contributed by atoms with E-state index >= 15 is 0 Å². The van der Waals surface area contributed by atoms with Gasteiger partial charge in [0.2, 0.25) is 0 Å². The van der Waals surface area contributed by atoms with Crippen molar-refractivity contribution in [3.63, 3.8) is 0 Å². The summed E-state index contributed by atoms with van der Waals surface area (Å²) in [4.78, 5) is 4.69. The first-order chi connectivity index (χ1) is 10.3. The highest BCUT2D eigenvalue weighted by atomic mass is 79.9. The number of nitrogens with zero attached hydrogens (tertiary/aromatic N) is 2. The molecule has 0 aromatic carbocycles. The topological polar surface area (TPSA) is 46.4 Å². The van der Waals surface area contributed by atoms with Crippen LogP contribution in [0.25, 0.3) is 5.65 Å². The van der Waals surface area contributed by atoms with Crippen LogP contribution in [0.1, 0.15) is 63.8 Å². The number of pyridine rings is 1. The third kappa shape index (κ3) is 3.29. The molecule has 120 valence electrons. The average Bonchev–Trinajstić information content (AvgIpc) is 3.17. The summed E-state index contributed by atoms with van der Waals surface area (Å²) in [7, 11) is -1.11. The molecule has 0 saturated heterocycles. The van der Waals surface area contributed by atoms with Gasteiger partial charge in [-0.3, -0.25) is 0 Å². The Morgan fingerprint density at radius 3 is 2.68 bits per heavy atom. The molecule has 2 aromatic rings. The van der Waals surface area contributed by atoms with Crippen molar-refractivity contribution in [1.29, 1.82) is 0 Å². The van der Waals surface area contributed by atoms with Gasteiger partial charge in [-0.2, -0.15) is 0 Å². The number of hydrogen-bond acceptors (Lipinski definition) is 2. The van der Waals surface area contributed by atoms with Crippen molar-refractivity contribution in [3.05, 3.63) is 34.2 Å². The van der Waals surface area contributed by atoms with E-state index in [1.54, 1.807) is 0 Å². The van der Waals surface area contributed by atoms with Gasteiger partial charge in [-0.1, -0.05) is 0 Å². The van der Waals surface area contributed by atoms with E-state index in [0.29, 0.717) is 5.92 Å². The van der Waals surface area contributed by atoms with Crippen LogP contribution >= 0.6 is 15.9 Å². The third-order valence-electron chi connectivity index (χ3n) is 3.88. The number of rotatable bonds is 4. The lowest BCUT2D eigenvalue weighted by Gasteiger charge is -2.20. The van der Waals surface area contributed by atoms with Crippen LogP contribution in [0.15, 0.2) is 22.9 Å². The maximum Gasteiger partial charge on any atom is 0.151 e. The van der Waals surface area contributed by atoms with Crippen LogP contribution in [0.5, 0.6) is 0 Å². The second-order valence-corrected chi connectivity index (χ2v) is 9.87. The standard InChI is InChI=1S/C16H22BrN3OS/c1-10(19-22(21)16(2,3)4)14-9-20-8-12(11-5-6-11)7-13(17)15(20)18-14/h7-11,19H,5-6H2,1-4H3/t10-,22?/m1/s1. The second-order valence-electron chi connectivity index (χ2n) is 7.01. The third-order valence-corrected chi connectivity index (χ3v) is 6.14. The van der Waals surface area contributed by atoms with Gasteiger partial charge < -0.3 is 4.40 Å². The number of imidazole rings is 1. The minimum absolute atomic E-state index is 0.0590. The van der Waals surface area contributed by atoms with Gasteiger partial charge in [0.05, 0.1) is 31.9 Å². The van der Waals surface area contributed by atoms with Crippen LogP contribution < -0.4 is 4.72 Å². The second kappa shape index (κ2) is 5.73. The van der Waals surface area contributed by atoms with Crippen LogP contribution in [0.3, 0.4) is 0 Å². The van der Waals surface area contributed by atoms with Crippen molar-refractivity contribution in [2.24, 2.45) is 0 Å². The first-order valence-electron chi connectivity index (χ1n) is 7.62. The molecular weight excluding hydrogens is 362 g/mol. The molecular formula is C16H22BrN3OS. The van der Waals surface area contributed by atoms with Gasteiger partial charge in [0.15, 0.2) is 5.65 Å². The van der Waals surface area contributed by atoms with Gasteiger partial charge in [-0.15, -0.1) is 0 Å². The smallest absolute Gasteiger partial charge is 0.151 e. The molecule has 4 nitrogen and oxygen atoms in total. The largest absolute Gasteiger partial charge is 0.306 e. The van der Waals surface area contributed by atoms with Gasteiger partial charge in [-0.05, 0) is 74.0 Å². The zero-order valence-electron chi connectivity index (χ0n) is 13.4. The van der Waals surface area contributed by atoms with Crippen LogP contribution in [0, 0.1) is 0 Å². The molecule has 0 radical (unpaired) electrons. The SMILES string of the molecule is C[C@@H](NS(=O)C(C)(C)C)c1cn2cc(C3CC3)cc(Br)c2n1. The van der Waals surface area contributed by atoms with E-state index in [0.717, 1.165) is 15.8 Å². The van der Waals surface area contributed by atoms with E-state index in [9.17, 15) is 4.21 Å². The Bertz CT molecular complexity index is 731. The Kier molecular flexibility index (Phi) is 4.20. The molecule has 2 heterocycles. The van der Waals surface area contributed by atoms with E-state index in [1.165, 1.54) is 18.4 Å². The quantitative estimate of drug-likeness (QED) is 0.863. The predicted molar refractivity (Wildman–Crippen MR) is 94.3 cm³/mol. The molecule has 1 saturated carbocycles. The zero-order chi connectivity index (χ0) is 16.1. The van der Waals surface area contributed by atoms with E-state index in [2.05, 4.69) is 42.3 Å². The molecule has 22 heavy (non-hydrogen) atoms. The highest BCUT2D eigenvalue weighted by Gasteiger charge is 2.26. The van der Waals surface area contributed by atoms with Gasteiger partial charge in [0, 0.05) is 12.4 Å². The molecule has 1 N–H and O–H groups in total. The van der Waals surface area contributed by atoms with Gasteiger partial charge >= 0.3 is 0 Å². The molecule has 6 heteroatoms. The van der Waals surface area contributed by atoms with Gasteiger partial charge in [-0.25, -0.2) is 13.9 Å². The van der Waals surface area contributed by atoms with E-state index in [4.69, 9.17) is 0 Å². The van der Waals surface area contributed by atoms with Crippen molar-refractivity contribution < 1.29 is 4.21 Å². The predicted octanol–water partition coefficient (Wildman–Crippen LogP) is 4.09. The Labute approximate surface area is 142 Å². The van der Waals surface area contributed by atoms with Crippen molar-refractivity contribution in [3.8, 4) is 0 Å². The Morgan fingerprint density at radius 1 is 1.41 bits per heavy atom. The Morgan fingerprint density at radius 2 is 2.09 bits per heavy atom. The minimum atomic E-state index is -1.11. The Balaban J connectivity index is 1.88. The number of fused-ring (bicyclic) bond motifs is 1.